The number of hydrogen-bond acceptors (Lipinski definition) is 4. The number of benzene rings is 1. The highest BCUT2D eigenvalue weighted by Crippen LogP contribution is 2.70. The number of carbonyl (C=O) groups is 1. The molecule has 1 spiro atoms. The zero-order valence-electron chi connectivity index (χ0n) is 15.0. The van der Waals surface area contributed by atoms with Crippen LogP contribution in [0.4, 0.5) is 11.4 Å². The summed E-state index contributed by atoms with van der Waals surface area (Å²) in [7, 11) is 0. The maximum atomic E-state index is 13.6. The van der Waals surface area contributed by atoms with Crippen LogP contribution in [0.2, 0.25) is 0 Å². The summed E-state index contributed by atoms with van der Waals surface area (Å²) in [6.07, 6.45) is 2.70. The first-order valence-corrected chi connectivity index (χ1v) is 8.88. The standard InChI is InChI=1S/C20H24N2O3/c1-13-11-20(16-9-10-19(4,17(20)23)18(16,2)3)21(12-13)14-5-7-15(8-6-14)22(24)25/h5-8,16H,1,9-12H2,2-4H3/t16-,19-,20+/m1/s1. The normalized spacial score (nSPS) is 35.8. The smallest absolute Gasteiger partial charge is 0.269 e. The molecule has 5 nitrogen and oxygen atoms in total. The van der Waals surface area contributed by atoms with Gasteiger partial charge in [-0.05, 0) is 36.3 Å². The van der Waals surface area contributed by atoms with E-state index in [9.17, 15) is 14.9 Å². The first kappa shape index (κ1) is 16.3. The van der Waals surface area contributed by atoms with Crippen LogP contribution in [0.5, 0.6) is 0 Å². The number of non-ortho nitro benzene ring substituents is 1. The van der Waals surface area contributed by atoms with Crippen LogP contribution in [-0.4, -0.2) is 22.8 Å². The van der Waals surface area contributed by atoms with Crippen molar-refractivity contribution < 1.29 is 9.72 Å². The maximum absolute atomic E-state index is 13.6. The zero-order chi connectivity index (χ0) is 18.2. The van der Waals surface area contributed by atoms with Crippen LogP contribution in [-0.2, 0) is 4.79 Å². The van der Waals surface area contributed by atoms with Crippen molar-refractivity contribution in [2.45, 2.75) is 45.6 Å². The van der Waals surface area contributed by atoms with Crippen molar-refractivity contribution in [1.29, 1.82) is 0 Å². The second kappa shape index (κ2) is 4.71. The number of rotatable bonds is 2. The van der Waals surface area contributed by atoms with Crippen molar-refractivity contribution in [3.63, 3.8) is 0 Å². The highest BCUT2D eigenvalue weighted by Gasteiger charge is 2.75. The van der Waals surface area contributed by atoms with E-state index in [1.165, 1.54) is 12.1 Å². The number of carbonyl (C=O) groups excluding carboxylic acids is 1. The molecule has 1 saturated heterocycles. The summed E-state index contributed by atoms with van der Waals surface area (Å²) >= 11 is 0. The minimum Gasteiger partial charge on any atom is -0.354 e. The molecule has 3 fully saturated rings. The fraction of sp³-hybridized carbons (Fsp3) is 0.550. The minimum atomic E-state index is -0.538. The van der Waals surface area contributed by atoms with Crippen LogP contribution >= 0.6 is 0 Å². The largest absolute Gasteiger partial charge is 0.354 e. The Morgan fingerprint density at radius 1 is 1.24 bits per heavy atom. The molecule has 3 aliphatic rings. The van der Waals surface area contributed by atoms with E-state index < -0.39 is 10.5 Å². The van der Waals surface area contributed by atoms with Gasteiger partial charge in [0.25, 0.3) is 5.69 Å². The Morgan fingerprint density at radius 3 is 2.40 bits per heavy atom. The van der Waals surface area contributed by atoms with Crippen LogP contribution in [0, 0.1) is 26.9 Å². The fourth-order valence-corrected chi connectivity index (χ4v) is 5.87. The number of nitro benzene ring substituents is 1. The van der Waals surface area contributed by atoms with Gasteiger partial charge in [0.15, 0.2) is 5.78 Å². The van der Waals surface area contributed by atoms with Gasteiger partial charge in [-0.25, -0.2) is 0 Å². The topological polar surface area (TPSA) is 63.4 Å². The third kappa shape index (κ3) is 1.76. The van der Waals surface area contributed by atoms with Crippen molar-refractivity contribution in [3.05, 3.63) is 46.5 Å². The van der Waals surface area contributed by atoms with E-state index in [-0.39, 0.29) is 22.4 Å². The molecule has 2 aliphatic carbocycles. The number of nitrogens with zero attached hydrogens (tertiary/aromatic N) is 2. The molecule has 0 aromatic heterocycles. The van der Waals surface area contributed by atoms with Gasteiger partial charge in [0.2, 0.25) is 0 Å². The van der Waals surface area contributed by atoms with Gasteiger partial charge in [-0.15, -0.1) is 0 Å². The molecule has 0 N–H and O–H groups in total. The van der Waals surface area contributed by atoms with Gasteiger partial charge in [-0.3, -0.25) is 14.9 Å². The molecule has 2 bridgehead atoms. The molecule has 0 amide bonds. The lowest BCUT2D eigenvalue weighted by atomic mass is 9.70. The Kier molecular flexibility index (Phi) is 3.07. The molecule has 132 valence electrons. The molecular formula is C20H24N2O3. The summed E-state index contributed by atoms with van der Waals surface area (Å²) in [6.45, 7) is 11.4. The number of nitro groups is 1. The van der Waals surface area contributed by atoms with Crippen LogP contribution < -0.4 is 4.90 Å². The van der Waals surface area contributed by atoms with Crippen LogP contribution in [0.3, 0.4) is 0 Å². The van der Waals surface area contributed by atoms with E-state index in [1.54, 1.807) is 12.1 Å². The fourth-order valence-electron chi connectivity index (χ4n) is 5.87. The molecule has 1 aromatic rings. The third-order valence-corrected chi connectivity index (χ3v) is 7.45. The zero-order valence-corrected chi connectivity index (χ0v) is 15.0. The quantitative estimate of drug-likeness (QED) is 0.461. The van der Waals surface area contributed by atoms with E-state index in [0.29, 0.717) is 18.7 Å². The van der Waals surface area contributed by atoms with Crippen LogP contribution in [0.25, 0.3) is 0 Å². The Labute approximate surface area is 147 Å². The Morgan fingerprint density at radius 2 is 1.88 bits per heavy atom. The molecule has 2 saturated carbocycles. The number of anilines is 1. The highest BCUT2D eigenvalue weighted by molar-refractivity contribution is 6.02. The first-order valence-electron chi connectivity index (χ1n) is 8.88. The minimum absolute atomic E-state index is 0.0479. The van der Waals surface area contributed by atoms with Gasteiger partial charge in [0.1, 0.15) is 5.54 Å². The van der Waals surface area contributed by atoms with Crippen LogP contribution in [0.15, 0.2) is 36.4 Å². The summed E-state index contributed by atoms with van der Waals surface area (Å²) < 4.78 is 0. The van der Waals surface area contributed by atoms with Crippen molar-refractivity contribution in [1.82, 2.24) is 0 Å². The van der Waals surface area contributed by atoms with Crippen molar-refractivity contribution in [2.24, 2.45) is 16.7 Å². The number of fused-ring (bicyclic) bond motifs is 3. The second-order valence-corrected chi connectivity index (χ2v) is 8.68. The first-order chi connectivity index (χ1) is 11.6. The van der Waals surface area contributed by atoms with Gasteiger partial charge in [0.05, 0.1) is 4.92 Å². The summed E-state index contributed by atoms with van der Waals surface area (Å²) in [4.78, 5) is 26.4. The van der Waals surface area contributed by atoms with E-state index in [1.807, 2.05) is 0 Å². The highest BCUT2D eigenvalue weighted by atomic mass is 16.6. The Balaban J connectivity index is 1.83. The predicted octanol–water partition coefficient (Wildman–Crippen LogP) is 4.13. The van der Waals surface area contributed by atoms with Crippen molar-refractivity contribution in [2.75, 3.05) is 11.4 Å². The average molecular weight is 340 g/mol. The van der Waals surface area contributed by atoms with Crippen LogP contribution in [0.1, 0.15) is 40.0 Å². The molecule has 3 atom stereocenters. The van der Waals surface area contributed by atoms with Gasteiger partial charge >= 0.3 is 0 Å². The molecular weight excluding hydrogens is 316 g/mol. The number of hydrogen-bond donors (Lipinski definition) is 0. The maximum Gasteiger partial charge on any atom is 0.269 e. The van der Waals surface area contributed by atoms with Gasteiger partial charge < -0.3 is 4.90 Å². The Bertz CT molecular complexity index is 798. The molecule has 25 heavy (non-hydrogen) atoms. The summed E-state index contributed by atoms with van der Waals surface area (Å²) in [5.41, 5.74) is 1.13. The molecule has 1 heterocycles. The molecule has 1 aliphatic heterocycles. The van der Waals surface area contributed by atoms with E-state index in [4.69, 9.17) is 0 Å². The second-order valence-electron chi connectivity index (χ2n) is 8.68. The third-order valence-electron chi connectivity index (χ3n) is 7.45. The van der Waals surface area contributed by atoms with Gasteiger partial charge in [0, 0.05) is 36.2 Å². The summed E-state index contributed by atoms with van der Waals surface area (Å²) in [5, 5.41) is 10.9. The lowest BCUT2D eigenvalue weighted by molar-refractivity contribution is -0.384. The SMILES string of the molecule is C=C1CN(c2ccc([N+](=O)[O-])cc2)[C@]2(C1)C(=O)[C@@]1(C)CC[C@@H]2C1(C)C. The lowest BCUT2D eigenvalue weighted by Gasteiger charge is -2.43. The van der Waals surface area contributed by atoms with Crippen molar-refractivity contribution in [3.8, 4) is 0 Å². The van der Waals surface area contributed by atoms with Gasteiger partial charge in [-0.2, -0.15) is 0 Å². The molecule has 0 radical (unpaired) electrons. The molecule has 5 heteroatoms. The summed E-state index contributed by atoms with van der Waals surface area (Å²) in [5.74, 6) is 0.616. The molecule has 1 aromatic carbocycles. The Hall–Kier alpha value is -2.17. The number of Topliss-reactive ketones (excluding diaryl/α,β-unsaturated/α-hetero) is 1. The molecule has 0 unspecified atom stereocenters. The van der Waals surface area contributed by atoms with E-state index >= 15 is 0 Å². The van der Waals surface area contributed by atoms with Gasteiger partial charge in [-0.1, -0.05) is 32.9 Å². The van der Waals surface area contributed by atoms with E-state index in [2.05, 4.69) is 32.3 Å². The predicted molar refractivity (Wildman–Crippen MR) is 96.5 cm³/mol. The number of ketones is 1. The average Bonchev–Trinajstić information content (AvgIpc) is 3.05. The summed E-state index contributed by atoms with van der Waals surface area (Å²) in [6, 6.07) is 6.59. The monoisotopic (exact) mass is 340 g/mol. The lowest BCUT2D eigenvalue weighted by Crippen LogP contribution is -2.56. The molecule has 4 rings (SSSR count). The van der Waals surface area contributed by atoms with E-state index in [0.717, 1.165) is 24.1 Å². The van der Waals surface area contributed by atoms with Crippen molar-refractivity contribution >= 4 is 17.2 Å².